The van der Waals surface area contributed by atoms with Crippen molar-refractivity contribution in [3.8, 4) is 17.2 Å². The lowest BCUT2D eigenvalue weighted by Crippen LogP contribution is -2.19. The highest BCUT2D eigenvalue weighted by atomic mass is 32.1. The number of oxazole rings is 1. The molecule has 1 heterocycles. The minimum Gasteiger partial charge on any atom is -0.495 e. The van der Waals surface area contributed by atoms with Crippen LogP contribution in [0.15, 0.2) is 77.2 Å². The van der Waals surface area contributed by atoms with Crippen LogP contribution in [-0.2, 0) is 0 Å². The Bertz CT molecular complexity index is 1060. The SMILES string of the molecule is COc1ccccc1NC(=S)Nc1ccc(-c2nc3ccccc3o2)cc1. The zero-order valence-corrected chi connectivity index (χ0v) is 15.4. The lowest BCUT2D eigenvalue weighted by atomic mass is 10.2. The molecular formula is C21H17N3O2S. The largest absolute Gasteiger partial charge is 0.495 e. The van der Waals surface area contributed by atoms with E-state index in [0.29, 0.717) is 11.0 Å². The molecular weight excluding hydrogens is 358 g/mol. The quantitative estimate of drug-likeness (QED) is 0.471. The van der Waals surface area contributed by atoms with Crippen LogP contribution in [0.1, 0.15) is 0 Å². The molecule has 0 radical (unpaired) electrons. The van der Waals surface area contributed by atoms with Crippen LogP contribution in [-0.4, -0.2) is 17.2 Å². The number of thiocarbonyl (C=S) groups is 1. The number of nitrogens with one attached hydrogen (secondary N) is 2. The van der Waals surface area contributed by atoms with Crippen LogP contribution in [0.25, 0.3) is 22.6 Å². The van der Waals surface area contributed by atoms with Gasteiger partial charge in [0.25, 0.3) is 0 Å². The molecule has 0 aliphatic carbocycles. The van der Waals surface area contributed by atoms with E-state index in [9.17, 15) is 0 Å². The number of hydrogen-bond donors (Lipinski definition) is 2. The molecule has 0 saturated carbocycles. The van der Waals surface area contributed by atoms with Crippen molar-refractivity contribution in [1.82, 2.24) is 4.98 Å². The number of fused-ring (bicyclic) bond motifs is 1. The molecule has 0 fully saturated rings. The average molecular weight is 375 g/mol. The topological polar surface area (TPSA) is 59.3 Å². The Morgan fingerprint density at radius 3 is 2.44 bits per heavy atom. The Labute approximate surface area is 162 Å². The minimum absolute atomic E-state index is 0.481. The first-order valence-electron chi connectivity index (χ1n) is 8.40. The maximum atomic E-state index is 5.80. The van der Waals surface area contributed by atoms with Crippen LogP contribution < -0.4 is 15.4 Å². The molecule has 0 bridgehead atoms. The van der Waals surface area contributed by atoms with E-state index in [1.54, 1.807) is 7.11 Å². The van der Waals surface area contributed by atoms with Gasteiger partial charge in [0.15, 0.2) is 10.7 Å². The van der Waals surface area contributed by atoms with E-state index in [1.807, 2.05) is 72.8 Å². The van der Waals surface area contributed by atoms with Gasteiger partial charge in [-0.2, -0.15) is 0 Å². The highest BCUT2D eigenvalue weighted by Gasteiger charge is 2.08. The van der Waals surface area contributed by atoms with Crippen molar-refractivity contribution in [2.75, 3.05) is 17.7 Å². The summed E-state index contributed by atoms with van der Waals surface area (Å²) in [6.45, 7) is 0. The molecule has 0 aliphatic rings. The average Bonchev–Trinajstić information content (AvgIpc) is 3.13. The van der Waals surface area contributed by atoms with Gasteiger partial charge < -0.3 is 19.8 Å². The number of anilines is 2. The molecule has 0 saturated heterocycles. The van der Waals surface area contributed by atoms with E-state index in [4.69, 9.17) is 21.4 Å². The van der Waals surface area contributed by atoms with E-state index in [1.165, 1.54) is 0 Å². The van der Waals surface area contributed by atoms with Crippen molar-refractivity contribution < 1.29 is 9.15 Å². The fourth-order valence-corrected chi connectivity index (χ4v) is 2.95. The normalized spacial score (nSPS) is 10.6. The summed E-state index contributed by atoms with van der Waals surface area (Å²) in [5, 5.41) is 6.78. The van der Waals surface area contributed by atoms with Gasteiger partial charge in [-0.15, -0.1) is 0 Å². The third-order valence-corrected chi connectivity index (χ3v) is 4.24. The minimum atomic E-state index is 0.481. The predicted molar refractivity (Wildman–Crippen MR) is 112 cm³/mol. The van der Waals surface area contributed by atoms with Gasteiger partial charge in [0, 0.05) is 11.3 Å². The summed E-state index contributed by atoms with van der Waals surface area (Å²) < 4.78 is 11.1. The molecule has 0 unspecified atom stereocenters. The van der Waals surface area contributed by atoms with Gasteiger partial charge in [-0.3, -0.25) is 0 Å². The lowest BCUT2D eigenvalue weighted by molar-refractivity contribution is 0.417. The van der Waals surface area contributed by atoms with Crippen LogP contribution >= 0.6 is 12.2 Å². The standard InChI is InChI=1S/C21H17N3O2S/c1-25-18-8-4-2-6-16(18)24-21(27)22-15-12-10-14(11-13-15)20-23-17-7-3-5-9-19(17)26-20/h2-13H,1H3,(H2,22,24,27). The monoisotopic (exact) mass is 375 g/mol. The van der Waals surface area contributed by atoms with Crippen LogP contribution in [0.3, 0.4) is 0 Å². The summed E-state index contributed by atoms with van der Waals surface area (Å²) in [5.74, 6) is 1.32. The molecule has 1 aromatic heterocycles. The molecule has 4 aromatic rings. The Balaban J connectivity index is 1.46. The van der Waals surface area contributed by atoms with Gasteiger partial charge in [-0.1, -0.05) is 24.3 Å². The molecule has 27 heavy (non-hydrogen) atoms. The summed E-state index contributed by atoms with van der Waals surface area (Å²) in [7, 11) is 1.63. The second-order valence-electron chi connectivity index (χ2n) is 5.84. The van der Waals surface area contributed by atoms with Crippen molar-refractivity contribution >= 4 is 39.8 Å². The van der Waals surface area contributed by atoms with E-state index >= 15 is 0 Å². The van der Waals surface area contributed by atoms with Gasteiger partial charge in [0.2, 0.25) is 5.89 Å². The summed E-state index contributed by atoms with van der Waals surface area (Å²) in [6, 6.07) is 23.1. The van der Waals surface area contributed by atoms with Crippen molar-refractivity contribution in [3.05, 3.63) is 72.8 Å². The van der Waals surface area contributed by atoms with E-state index in [2.05, 4.69) is 15.6 Å². The zero-order valence-electron chi connectivity index (χ0n) is 14.6. The first-order chi connectivity index (χ1) is 13.2. The number of ether oxygens (including phenoxy) is 1. The number of rotatable bonds is 4. The Morgan fingerprint density at radius 2 is 1.67 bits per heavy atom. The molecule has 134 valence electrons. The summed E-state index contributed by atoms with van der Waals surface area (Å²) in [5.41, 5.74) is 4.19. The first kappa shape index (κ1) is 17.1. The lowest BCUT2D eigenvalue weighted by Gasteiger charge is -2.13. The van der Waals surface area contributed by atoms with Crippen molar-refractivity contribution in [3.63, 3.8) is 0 Å². The van der Waals surface area contributed by atoms with Gasteiger partial charge in [-0.25, -0.2) is 4.98 Å². The maximum absolute atomic E-state index is 5.80. The number of nitrogens with zero attached hydrogens (tertiary/aromatic N) is 1. The van der Waals surface area contributed by atoms with Gasteiger partial charge in [-0.05, 0) is 60.7 Å². The molecule has 4 rings (SSSR count). The van der Waals surface area contributed by atoms with Crippen LogP contribution in [0.4, 0.5) is 11.4 Å². The third-order valence-electron chi connectivity index (χ3n) is 4.04. The van der Waals surface area contributed by atoms with E-state index < -0.39 is 0 Å². The highest BCUT2D eigenvalue weighted by Crippen LogP contribution is 2.26. The second-order valence-corrected chi connectivity index (χ2v) is 6.25. The fraction of sp³-hybridized carbons (Fsp3) is 0.0476. The Hall–Kier alpha value is -3.38. The second kappa shape index (κ2) is 7.47. The fourth-order valence-electron chi connectivity index (χ4n) is 2.72. The third kappa shape index (κ3) is 3.75. The molecule has 3 aromatic carbocycles. The van der Waals surface area contributed by atoms with Crippen molar-refractivity contribution in [1.29, 1.82) is 0 Å². The van der Waals surface area contributed by atoms with Gasteiger partial charge in [0.1, 0.15) is 11.3 Å². The Kier molecular flexibility index (Phi) is 4.72. The molecule has 5 nitrogen and oxygen atoms in total. The Morgan fingerprint density at radius 1 is 0.926 bits per heavy atom. The van der Waals surface area contributed by atoms with Gasteiger partial charge >= 0.3 is 0 Å². The number of methoxy groups -OCH3 is 1. The summed E-state index contributed by atoms with van der Waals surface area (Å²) >= 11 is 5.39. The van der Waals surface area contributed by atoms with Crippen LogP contribution in [0.5, 0.6) is 5.75 Å². The predicted octanol–water partition coefficient (Wildman–Crippen LogP) is 5.31. The van der Waals surface area contributed by atoms with Gasteiger partial charge in [0.05, 0.1) is 12.8 Å². The summed E-state index contributed by atoms with van der Waals surface area (Å²) in [4.78, 5) is 4.51. The maximum Gasteiger partial charge on any atom is 0.227 e. The number of para-hydroxylation sites is 4. The molecule has 0 amide bonds. The van der Waals surface area contributed by atoms with Crippen LogP contribution in [0, 0.1) is 0 Å². The number of benzene rings is 3. The smallest absolute Gasteiger partial charge is 0.227 e. The molecule has 0 atom stereocenters. The van der Waals surface area contributed by atoms with Crippen LogP contribution in [0.2, 0.25) is 0 Å². The number of hydrogen-bond acceptors (Lipinski definition) is 4. The van der Waals surface area contributed by atoms with E-state index in [0.717, 1.165) is 33.8 Å². The molecule has 0 aliphatic heterocycles. The number of aromatic nitrogens is 1. The molecule has 0 spiro atoms. The van der Waals surface area contributed by atoms with Crippen molar-refractivity contribution in [2.24, 2.45) is 0 Å². The first-order valence-corrected chi connectivity index (χ1v) is 8.81. The highest BCUT2D eigenvalue weighted by molar-refractivity contribution is 7.80. The molecule has 2 N–H and O–H groups in total. The van der Waals surface area contributed by atoms with E-state index in [-0.39, 0.29) is 0 Å². The van der Waals surface area contributed by atoms with Crippen molar-refractivity contribution in [2.45, 2.75) is 0 Å². The molecule has 6 heteroatoms. The summed E-state index contributed by atoms with van der Waals surface area (Å²) in [6.07, 6.45) is 0. The zero-order chi connectivity index (χ0) is 18.6.